The van der Waals surface area contributed by atoms with Crippen molar-refractivity contribution in [2.75, 3.05) is 6.61 Å². The molecule has 6 nitrogen and oxygen atoms in total. The number of nitrogens with one attached hydrogen (secondary N) is 1. The van der Waals surface area contributed by atoms with E-state index in [4.69, 9.17) is 15.0 Å². The Kier molecular flexibility index (Phi) is 2.92. The molecule has 1 amide bonds. The van der Waals surface area contributed by atoms with Gasteiger partial charge in [0.1, 0.15) is 5.54 Å². The van der Waals surface area contributed by atoms with Gasteiger partial charge in [-0.25, -0.2) is 0 Å². The molecule has 2 aliphatic rings. The first kappa shape index (κ1) is 13.6. The molecule has 1 aliphatic heterocycles. The molecule has 0 bridgehead atoms. The lowest BCUT2D eigenvalue weighted by atomic mass is 9.48. The Hall–Kier alpha value is -1.40. The first-order chi connectivity index (χ1) is 9.37. The van der Waals surface area contributed by atoms with Crippen LogP contribution in [0.4, 0.5) is 0 Å². The molecule has 1 aromatic heterocycles. The highest BCUT2D eigenvalue weighted by atomic mass is 16.5. The van der Waals surface area contributed by atoms with E-state index in [0.29, 0.717) is 18.9 Å². The molecular weight excluding hydrogens is 258 g/mol. The van der Waals surface area contributed by atoms with E-state index >= 15 is 0 Å². The molecule has 1 saturated heterocycles. The first-order valence-corrected chi connectivity index (χ1v) is 6.98. The van der Waals surface area contributed by atoms with E-state index in [1.165, 1.54) is 0 Å². The number of hydrogen-bond donors (Lipinski definition) is 2. The zero-order chi connectivity index (χ0) is 14.5. The van der Waals surface area contributed by atoms with Gasteiger partial charge >= 0.3 is 0 Å². The fourth-order valence-electron chi connectivity index (χ4n) is 3.66. The van der Waals surface area contributed by atoms with Gasteiger partial charge in [-0.3, -0.25) is 4.79 Å². The standard InChI is InChI=1S/C14H21N3O3/c1-8-6-9(20-17-8)7-16-12(18)14(15)10-4-5-19-11(10)13(14,2)3/h6,10-11H,4-5,7,15H2,1-3H3,(H,16,18). The van der Waals surface area contributed by atoms with Gasteiger partial charge in [-0.1, -0.05) is 19.0 Å². The number of amides is 1. The second-order valence-electron chi connectivity index (χ2n) is 6.39. The molecule has 1 saturated carbocycles. The molecule has 3 unspecified atom stereocenters. The highest BCUT2D eigenvalue weighted by molar-refractivity contribution is 5.89. The average molecular weight is 279 g/mol. The predicted molar refractivity (Wildman–Crippen MR) is 71.6 cm³/mol. The maximum atomic E-state index is 12.5. The molecule has 3 N–H and O–H groups in total. The van der Waals surface area contributed by atoms with E-state index in [2.05, 4.69) is 10.5 Å². The number of rotatable bonds is 3. The summed E-state index contributed by atoms with van der Waals surface area (Å²) in [6.07, 6.45) is 0.935. The highest BCUT2D eigenvalue weighted by Crippen LogP contribution is 2.58. The van der Waals surface area contributed by atoms with Crippen molar-refractivity contribution in [2.24, 2.45) is 17.1 Å². The molecule has 1 aliphatic carbocycles. The van der Waals surface area contributed by atoms with Crippen LogP contribution in [0.15, 0.2) is 10.6 Å². The van der Waals surface area contributed by atoms with Crippen LogP contribution in [0.25, 0.3) is 0 Å². The second-order valence-corrected chi connectivity index (χ2v) is 6.39. The molecule has 2 fully saturated rings. The van der Waals surface area contributed by atoms with Crippen molar-refractivity contribution in [1.29, 1.82) is 0 Å². The van der Waals surface area contributed by atoms with Gasteiger partial charge in [0.15, 0.2) is 5.76 Å². The number of nitrogens with two attached hydrogens (primary N) is 1. The van der Waals surface area contributed by atoms with Crippen LogP contribution in [0.1, 0.15) is 31.7 Å². The number of nitrogens with zero attached hydrogens (tertiary/aromatic N) is 1. The maximum Gasteiger partial charge on any atom is 0.241 e. The number of carbonyl (C=O) groups excluding carboxylic acids is 1. The van der Waals surface area contributed by atoms with Crippen molar-refractivity contribution >= 4 is 5.91 Å². The zero-order valence-corrected chi connectivity index (χ0v) is 12.1. The third-order valence-electron chi connectivity index (χ3n) is 4.93. The van der Waals surface area contributed by atoms with Gasteiger partial charge in [-0.15, -0.1) is 0 Å². The third kappa shape index (κ3) is 1.64. The van der Waals surface area contributed by atoms with Crippen LogP contribution in [0, 0.1) is 18.3 Å². The number of aryl methyl sites for hydroxylation is 1. The SMILES string of the molecule is Cc1cc(CNC(=O)C2(N)C3CCOC3C2(C)C)on1. The van der Waals surface area contributed by atoms with E-state index in [-0.39, 0.29) is 23.3 Å². The first-order valence-electron chi connectivity index (χ1n) is 6.98. The normalized spacial score (nSPS) is 34.4. The van der Waals surface area contributed by atoms with E-state index < -0.39 is 5.54 Å². The van der Waals surface area contributed by atoms with Crippen molar-refractivity contribution in [2.45, 2.75) is 45.4 Å². The summed E-state index contributed by atoms with van der Waals surface area (Å²) in [5, 5.41) is 6.66. The molecule has 6 heteroatoms. The van der Waals surface area contributed by atoms with E-state index in [1.54, 1.807) is 6.07 Å². The topological polar surface area (TPSA) is 90.4 Å². The molecule has 3 rings (SSSR count). The van der Waals surface area contributed by atoms with Crippen molar-refractivity contribution in [3.8, 4) is 0 Å². The Balaban J connectivity index is 1.70. The molecule has 0 radical (unpaired) electrons. The summed E-state index contributed by atoms with van der Waals surface area (Å²) < 4.78 is 10.8. The van der Waals surface area contributed by atoms with E-state index in [0.717, 1.165) is 12.1 Å². The van der Waals surface area contributed by atoms with Crippen LogP contribution < -0.4 is 11.1 Å². The summed E-state index contributed by atoms with van der Waals surface area (Å²) in [6, 6.07) is 1.80. The Morgan fingerprint density at radius 2 is 2.35 bits per heavy atom. The molecule has 0 spiro atoms. The second kappa shape index (κ2) is 4.30. The summed E-state index contributed by atoms with van der Waals surface area (Å²) in [5.41, 5.74) is 6.01. The summed E-state index contributed by atoms with van der Waals surface area (Å²) in [7, 11) is 0. The van der Waals surface area contributed by atoms with E-state index in [1.807, 2.05) is 20.8 Å². The number of ether oxygens (including phenoxy) is 1. The Morgan fingerprint density at radius 1 is 1.60 bits per heavy atom. The van der Waals surface area contributed by atoms with Crippen molar-refractivity contribution in [1.82, 2.24) is 10.5 Å². The van der Waals surface area contributed by atoms with Crippen molar-refractivity contribution in [3.63, 3.8) is 0 Å². The number of hydrogen-bond acceptors (Lipinski definition) is 5. The summed E-state index contributed by atoms with van der Waals surface area (Å²) in [6.45, 7) is 6.84. The van der Waals surface area contributed by atoms with Gasteiger partial charge in [-0.2, -0.15) is 0 Å². The largest absolute Gasteiger partial charge is 0.377 e. The number of aromatic nitrogens is 1. The van der Waals surface area contributed by atoms with Gasteiger partial charge in [0, 0.05) is 24.0 Å². The van der Waals surface area contributed by atoms with Gasteiger partial charge in [0.25, 0.3) is 0 Å². The minimum absolute atomic E-state index is 0.0887. The highest BCUT2D eigenvalue weighted by Gasteiger charge is 2.71. The predicted octanol–water partition coefficient (Wildman–Crippen LogP) is 0.742. The zero-order valence-electron chi connectivity index (χ0n) is 12.1. The molecule has 0 aromatic carbocycles. The van der Waals surface area contributed by atoms with Crippen LogP contribution in [-0.2, 0) is 16.1 Å². The summed E-state index contributed by atoms with van der Waals surface area (Å²) in [4.78, 5) is 12.5. The minimum atomic E-state index is -0.872. The fraction of sp³-hybridized carbons (Fsp3) is 0.714. The Morgan fingerprint density at radius 3 is 3.00 bits per heavy atom. The maximum absolute atomic E-state index is 12.5. The molecular formula is C14H21N3O3. The summed E-state index contributed by atoms with van der Waals surface area (Å²) in [5.74, 6) is 0.605. The quantitative estimate of drug-likeness (QED) is 0.851. The van der Waals surface area contributed by atoms with E-state index in [9.17, 15) is 4.79 Å². The third-order valence-corrected chi connectivity index (χ3v) is 4.93. The molecule has 3 atom stereocenters. The fourth-order valence-corrected chi connectivity index (χ4v) is 3.66. The van der Waals surface area contributed by atoms with Gasteiger partial charge < -0.3 is 20.3 Å². The molecule has 20 heavy (non-hydrogen) atoms. The molecule has 2 heterocycles. The van der Waals surface area contributed by atoms with Crippen molar-refractivity contribution < 1.29 is 14.1 Å². The average Bonchev–Trinajstić information content (AvgIpc) is 3.02. The van der Waals surface area contributed by atoms with Crippen LogP contribution >= 0.6 is 0 Å². The number of fused-ring (bicyclic) bond motifs is 1. The van der Waals surface area contributed by atoms with Gasteiger partial charge in [0.2, 0.25) is 5.91 Å². The Bertz CT molecular complexity index is 540. The van der Waals surface area contributed by atoms with Gasteiger partial charge in [-0.05, 0) is 13.3 Å². The smallest absolute Gasteiger partial charge is 0.241 e. The number of carbonyl (C=O) groups is 1. The molecule has 1 aromatic rings. The van der Waals surface area contributed by atoms with Crippen LogP contribution in [-0.4, -0.2) is 29.3 Å². The van der Waals surface area contributed by atoms with Crippen molar-refractivity contribution in [3.05, 3.63) is 17.5 Å². The van der Waals surface area contributed by atoms with Crippen LogP contribution in [0.2, 0.25) is 0 Å². The summed E-state index contributed by atoms with van der Waals surface area (Å²) >= 11 is 0. The van der Waals surface area contributed by atoms with Crippen LogP contribution in [0.3, 0.4) is 0 Å². The monoisotopic (exact) mass is 279 g/mol. The lowest BCUT2D eigenvalue weighted by Gasteiger charge is -2.60. The lowest BCUT2D eigenvalue weighted by Crippen LogP contribution is -2.80. The minimum Gasteiger partial charge on any atom is -0.377 e. The Labute approximate surface area is 118 Å². The molecule has 110 valence electrons. The van der Waals surface area contributed by atoms with Crippen LogP contribution in [0.5, 0.6) is 0 Å². The van der Waals surface area contributed by atoms with Gasteiger partial charge in [0.05, 0.1) is 18.3 Å². The lowest BCUT2D eigenvalue weighted by molar-refractivity contribution is -0.175.